The first-order valence-corrected chi connectivity index (χ1v) is 11.4. The summed E-state index contributed by atoms with van der Waals surface area (Å²) in [6.07, 6.45) is 3.93. The Bertz CT molecular complexity index is 1050. The van der Waals surface area contributed by atoms with Gasteiger partial charge < -0.3 is 15.1 Å². The van der Waals surface area contributed by atoms with Gasteiger partial charge in [0.2, 0.25) is 0 Å². The number of carbonyl (C=O) groups is 1. The van der Waals surface area contributed by atoms with Crippen LogP contribution < -0.4 is 10.2 Å². The summed E-state index contributed by atoms with van der Waals surface area (Å²) < 4.78 is 0. The third-order valence-electron chi connectivity index (χ3n) is 6.05. The second kappa shape index (κ2) is 8.20. The molecule has 0 saturated carbocycles. The summed E-state index contributed by atoms with van der Waals surface area (Å²) in [6, 6.07) is 14.7. The van der Waals surface area contributed by atoms with Crippen molar-refractivity contribution in [3.63, 3.8) is 0 Å². The highest BCUT2D eigenvalue weighted by atomic mass is 32.1. The number of fused-ring (bicyclic) bond motifs is 3. The summed E-state index contributed by atoms with van der Waals surface area (Å²) >= 11 is 1.60. The minimum absolute atomic E-state index is 0.00461. The highest BCUT2D eigenvalue weighted by Gasteiger charge is 2.21. The van der Waals surface area contributed by atoms with Gasteiger partial charge in [-0.2, -0.15) is 0 Å². The van der Waals surface area contributed by atoms with E-state index in [0.717, 1.165) is 55.3 Å². The molecule has 2 aromatic heterocycles. The van der Waals surface area contributed by atoms with Crippen LogP contribution >= 0.6 is 11.3 Å². The third-order valence-corrected chi connectivity index (χ3v) is 7.26. The lowest BCUT2D eigenvalue weighted by Crippen LogP contribution is -2.44. The first-order valence-electron chi connectivity index (χ1n) is 10.5. The normalized spacial score (nSPS) is 16.1. The maximum atomic E-state index is 12.8. The number of nitrogens with one attached hydrogen (secondary N) is 1. The zero-order valence-corrected chi connectivity index (χ0v) is 18.0. The molecule has 1 saturated heterocycles. The number of nitrogens with zero attached hydrogens (tertiary/aromatic N) is 3. The maximum Gasteiger partial charge on any atom is 0.261 e. The molecule has 1 aliphatic heterocycles. The Morgan fingerprint density at radius 2 is 1.87 bits per heavy atom. The van der Waals surface area contributed by atoms with E-state index >= 15 is 0 Å². The van der Waals surface area contributed by atoms with Crippen LogP contribution in [0.25, 0.3) is 10.4 Å². The molecule has 3 heterocycles. The number of carbonyl (C=O) groups excluding carboxylic acids is 1. The predicted molar refractivity (Wildman–Crippen MR) is 122 cm³/mol. The number of pyridine rings is 1. The monoisotopic (exact) mass is 418 g/mol. The molecule has 1 fully saturated rings. The largest absolute Gasteiger partial charge is 0.354 e. The van der Waals surface area contributed by atoms with Gasteiger partial charge in [0, 0.05) is 43.8 Å². The van der Waals surface area contributed by atoms with Crippen LogP contribution in [0, 0.1) is 0 Å². The van der Waals surface area contributed by atoms with Gasteiger partial charge in [0.05, 0.1) is 4.88 Å². The Morgan fingerprint density at radius 1 is 1.07 bits per heavy atom. The fourth-order valence-electron chi connectivity index (χ4n) is 4.20. The minimum Gasteiger partial charge on any atom is -0.354 e. The van der Waals surface area contributed by atoms with E-state index in [1.807, 2.05) is 6.20 Å². The Balaban J connectivity index is 1.22. The molecule has 30 heavy (non-hydrogen) atoms. The van der Waals surface area contributed by atoms with E-state index < -0.39 is 0 Å². The smallest absolute Gasteiger partial charge is 0.261 e. The van der Waals surface area contributed by atoms with Crippen molar-refractivity contribution in [3.05, 3.63) is 70.2 Å². The van der Waals surface area contributed by atoms with Crippen LogP contribution in [0.15, 0.2) is 48.7 Å². The van der Waals surface area contributed by atoms with Gasteiger partial charge in [0.1, 0.15) is 5.82 Å². The number of aromatic nitrogens is 1. The molecule has 0 atom stereocenters. The van der Waals surface area contributed by atoms with E-state index in [2.05, 4.69) is 69.6 Å². The van der Waals surface area contributed by atoms with Crippen molar-refractivity contribution >= 4 is 23.1 Å². The van der Waals surface area contributed by atoms with Crippen molar-refractivity contribution in [3.8, 4) is 10.4 Å². The summed E-state index contributed by atoms with van der Waals surface area (Å²) in [6.45, 7) is 4.63. The van der Waals surface area contributed by atoms with Gasteiger partial charge in [0.25, 0.3) is 5.91 Å². The second-order valence-electron chi connectivity index (χ2n) is 8.12. The van der Waals surface area contributed by atoms with Crippen LogP contribution in [-0.4, -0.2) is 49.0 Å². The second-order valence-corrected chi connectivity index (χ2v) is 9.17. The standard InChI is InChI=1S/C24H26N4OS/c1-27-10-12-28(13-11-27)22-9-6-17(15-25-22)16-26-24(29)21-14-19-8-7-18-4-2-3-5-20(18)23(19)30-21/h2-6,9,14-15H,7-8,10-13,16H2,1H3,(H,26,29). The molecule has 6 heteroatoms. The molecule has 0 unspecified atom stereocenters. The Kier molecular flexibility index (Phi) is 5.27. The van der Waals surface area contributed by atoms with Gasteiger partial charge in [-0.15, -0.1) is 11.3 Å². The number of likely N-dealkylation sites (N-methyl/N-ethyl adjacent to an activating group) is 1. The molecule has 1 aromatic carbocycles. The quantitative estimate of drug-likeness (QED) is 0.704. The molecule has 2 aliphatic rings. The number of benzene rings is 1. The number of hydrogen-bond acceptors (Lipinski definition) is 5. The molecule has 1 aliphatic carbocycles. The topological polar surface area (TPSA) is 48.5 Å². The van der Waals surface area contributed by atoms with Crippen LogP contribution in [0.1, 0.15) is 26.4 Å². The van der Waals surface area contributed by atoms with E-state index in [0.29, 0.717) is 6.54 Å². The van der Waals surface area contributed by atoms with Crippen molar-refractivity contribution in [1.29, 1.82) is 0 Å². The predicted octanol–water partition coefficient (Wildman–Crippen LogP) is 3.59. The lowest BCUT2D eigenvalue weighted by molar-refractivity contribution is 0.0955. The zero-order chi connectivity index (χ0) is 20.5. The highest BCUT2D eigenvalue weighted by molar-refractivity contribution is 7.17. The van der Waals surface area contributed by atoms with Crippen molar-refractivity contribution in [1.82, 2.24) is 15.2 Å². The number of rotatable bonds is 4. The van der Waals surface area contributed by atoms with E-state index in [-0.39, 0.29) is 5.91 Å². The summed E-state index contributed by atoms with van der Waals surface area (Å²) in [5.41, 5.74) is 4.98. The number of hydrogen-bond donors (Lipinski definition) is 1. The number of anilines is 1. The van der Waals surface area contributed by atoms with E-state index in [9.17, 15) is 4.79 Å². The minimum atomic E-state index is -0.00461. The fourth-order valence-corrected chi connectivity index (χ4v) is 5.38. The number of amides is 1. The Labute approximate surface area is 181 Å². The molecular weight excluding hydrogens is 392 g/mol. The van der Waals surface area contributed by atoms with Gasteiger partial charge in [-0.1, -0.05) is 30.3 Å². The van der Waals surface area contributed by atoms with Gasteiger partial charge in [-0.25, -0.2) is 4.98 Å². The summed E-state index contributed by atoms with van der Waals surface area (Å²) in [5, 5.41) is 3.06. The number of thiophene rings is 1. The molecule has 0 spiro atoms. The number of piperazine rings is 1. The Morgan fingerprint density at radius 3 is 2.67 bits per heavy atom. The van der Waals surface area contributed by atoms with Gasteiger partial charge >= 0.3 is 0 Å². The molecule has 154 valence electrons. The highest BCUT2D eigenvalue weighted by Crippen LogP contribution is 2.39. The SMILES string of the molecule is CN1CCN(c2ccc(CNC(=O)c3cc4c(s3)-c3ccccc3CC4)cn2)CC1. The van der Waals surface area contributed by atoms with E-state index in [4.69, 9.17) is 0 Å². The van der Waals surface area contributed by atoms with Crippen molar-refractivity contribution in [2.75, 3.05) is 38.1 Å². The average Bonchev–Trinajstić information content (AvgIpc) is 3.23. The summed E-state index contributed by atoms with van der Waals surface area (Å²) in [4.78, 5) is 24.1. The third kappa shape index (κ3) is 3.85. The molecule has 1 amide bonds. The van der Waals surface area contributed by atoms with Crippen LogP contribution in [-0.2, 0) is 19.4 Å². The Hall–Kier alpha value is -2.70. The zero-order valence-electron chi connectivity index (χ0n) is 17.2. The van der Waals surface area contributed by atoms with Gasteiger partial charge in [0.15, 0.2) is 0 Å². The maximum absolute atomic E-state index is 12.8. The van der Waals surface area contributed by atoms with E-state index in [1.165, 1.54) is 21.6 Å². The summed E-state index contributed by atoms with van der Waals surface area (Å²) in [5.74, 6) is 1.01. The fraction of sp³-hybridized carbons (Fsp3) is 0.333. The molecular formula is C24H26N4OS. The molecule has 5 rings (SSSR count). The number of aryl methyl sites for hydroxylation is 2. The van der Waals surface area contributed by atoms with Crippen LogP contribution in [0.3, 0.4) is 0 Å². The molecule has 3 aromatic rings. The molecule has 0 bridgehead atoms. The first-order chi connectivity index (χ1) is 14.7. The molecule has 5 nitrogen and oxygen atoms in total. The van der Waals surface area contributed by atoms with Gasteiger partial charge in [-0.05, 0) is 54.3 Å². The lowest BCUT2D eigenvalue weighted by Gasteiger charge is -2.33. The average molecular weight is 419 g/mol. The van der Waals surface area contributed by atoms with Crippen molar-refractivity contribution < 1.29 is 4.79 Å². The van der Waals surface area contributed by atoms with Crippen molar-refractivity contribution in [2.24, 2.45) is 0 Å². The lowest BCUT2D eigenvalue weighted by atomic mass is 9.91. The van der Waals surface area contributed by atoms with Crippen LogP contribution in [0.4, 0.5) is 5.82 Å². The molecule has 1 N–H and O–H groups in total. The van der Waals surface area contributed by atoms with Crippen LogP contribution in [0.2, 0.25) is 0 Å². The van der Waals surface area contributed by atoms with Gasteiger partial charge in [-0.3, -0.25) is 4.79 Å². The summed E-state index contributed by atoms with van der Waals surface area (Å²) in [7, 11) is 2.15. The van der Waals surface area contributed by atoms with Crippen LogP contribution in [0.5, 0.6) is 0 Å². The molecule has 0 radical (unpaired) electrons. The van der Waals surface area contributed by atoms with Crippen molar-refractivity contribution in [2.45, 2.75) is 19.4 Å². The van der Waals surface area contributed by atoms with E-state index in [1.54, 1.807) is 11.3 Å². The first kappa shape index (κ1) is 19.3.